The van der Waals surface area contributed by atoms with E-state index in [-0.39, 0.29) is 24.1 Å². The minimum atomic E-state index is -1.04. The molecule has 6 heteroatoms. The van der Waals surface area contributed by atoms with Gasteiger partial charge in [-0.05, 0) is 31.0 Å². The van der Waals surface area contributed by atoms with Crippen LogP contribution in [-0.4, -0.2) is 29.1 Å². The average Bonchev–Trinajstić information content (AvgIpc) is 2.81. The van der Waals surface area contributed by atoms with Gasteiger partial charge in [0.1, 0.15) is 11.4 Å². The highest BCUT2D eigenvalue weighted by atomic mass is 16.5. The van der Waals surface area contributed by atoms with Gasteiger partial charge in [0, 0.05) is 28.9 Å². The Morgan fingerprint density at radius 3 is 2.77 bits per heavy atom. The molecular formula is C16H18N2O4. The van der Waals surface area contributed by atoms with E-state index >= 15 is 0 Å². The number of carboxylic acids is 1. The minimum absolute atomic E-state index is 0.000153. The Morgan fingerprint density at radius 2 is 2.18 bits per heavy atom. The SMILES string of the molecule is COc1ccc2[nH]c(C(=O)O)c(CNC(=O)C3CCC3)c2c1. The van der Waals surface area contributed by atoms with Crippen molar-refractivity contribution in [1.29, 1.82) is 0 Å². The number of nitrogens with one attached hydrogen (secondary N) is 2. The van der Waals surface area contributed by atoms with Crippen molar-refractivity contribution in [2.24, 2.45) is 5.92 Å². The zero-order valence-corrected chi connectivity index (χ0v) is 12.3. The van der Waals surface area contributed by atoms with E-state index in [4.69, 9.17) is 4.74 Å². The molecule has 0 atom stereocenters. The topological polar surface area (TPSA) is 91.4 Å². The molecule has 22 heavy (non-hydrogen) atoms. The van der Waals surface area contributed by atoms with E-state index in [1.807, 2.05) is 0 Å². The smallest absolute Gasteiger partial charge is 0.352 e. The van der Waals surface area contributed by atoms with Crippen molar-refractivity contribution >= 4 is 22.8 Å². The summed E-state index contributed by atoms with van der Waals surface area (Å²) in [5, 5.41) is 13.0. The second kappa shape index (κ2) is 5.71. The number of hydrogen-bond acceptors (Lipinski definition) is 3. The molecule has 0 saturated heterocycles. The van der Waals surface area contributed by atoms with Crippen molar-refractivity contribution in [3.8, 4) is 5.75 Å². The fourth-order valence-electron chi connectivity index (χ4n) is 2.71. The zero-order valence-electron chi connectivity index (χ0n) is 12.3. The summed E-state index contributed by atoms with van der Waals surface area (Å²) in [6.07, 6.45) is 2.92. The molecule has 1 aliphatic rings. The predicted molar refractivity (Wildman–Crippen MR) is 81.0 cm³/mol. The van der Waals surface area contributed by atoms with E-state index in [1.165, 1.54) is 0 Å². The second-order valence-electron chi connectivity index (χ2n) is 5.54. The first kappa shape index (κ1) is 14.4. The molecule has 3 rings (SSSR count). The van der Waals surface area contributed by atoms with Crippen molar-refractivity contribution < 1.29 is 19.4 Å². The van der Waals surface area contributed by atoms with Crippen LogP contribution >= 0.6 is 0 Å². The van der Waals surface area contributed by atoms with Gasteiger partial charge in [0.25, 0.3) is 0 Å². The van der Waals surface area contributed by atoms with Crippen molar-refractivity contribution in [2.75, 3.05) is 7.11 Å². The molecule has 6 nitrogen and oxygen atoms in total. The molecule has 1 aliphatic carbocycles. The third kappa shape index (κ3) is 2.52. The number of rotatable bonds is 5. The van der Waals surface area contributed by atoms with E-state index < -0.39 is 5.97 Å². The number of aromatic nitrogens is 1. The summed E-state index contributed by atoms with van der Waals surface area (Å²) >= 11 is 0. The Balaban J connectivity index is 1.91. The molecule has 3 N–H and O–H groups in total. The van der Waals surface area contributed by atoms with Crippen LogP contribution in [0, 0.1) is 5.92 Å². The number of fused-ring (bicyclic) bond motifs is 1. The first-order valence-electron chi connectivity index (χ1n) is 7.29. The van der Waals surface area contributed by atoms with Gasteiger partial charge in [-0.2, -0.15) is 0 Å². The van der Waals surface area contributed by atoms with E-state index in [9.17, 15) is 14.7 Å². The van der Waals surface area contributed by atoms with Crippen LogP contribution in [0.5, 0.6) is 5.75 Å². The zero-order chi connectivity index (χ0) is 15.7. The van der Waals surface area contributed by atoms with Crippen LogP contribution in [-0.2, 0) is 11.3 Å². The Labute approximate surface area is 127 Å². The van der Waals surface area contributed by atoms with Gasteiger partial charge in [-0.1, -0.05) is 6.42 Å². The highest BCUT2D eigenvalue weighted by molar-refractivity contribution is 5.98. The summed E-state index contributed by atoms with van der Waals surface area (Å²) in [5.41, 5.74) is 1.40. The third-order valence-corrected chi connectivity index (χ3v) is 4.24. The number of carbonyl (C=O) groups excluding carboxylic acids is 1. The number of aromatic amines is 1. The quantitative estimate of drug-likeness (QED) is 0.790. The normalized spacial score (nSPS) is 14.6. The van der Waals surface area contributed by atoms with Gasteiger partial charge in [-0.15, -0.1) is 0 Å². The van der Waals surface area contributed by atoms with Gasteiger partial charge < -0.3 is 20.1 Å². The first-order valence-corrected chi connectivity index (χ1v) is 7.29. The lowest BCUT2D eigenvalue weighted by Crippen LogP contribution is -2.34. The monoisotopic (exact) mass is 302 g/mol. The number of benzene rings is 1. The van der Waals surface area contributed by atoms with Crippen LogP contribution in [0.4, 0.5) is 0 Å². The molecule has 116 valence electrons. The molecule has 1 fully saturated rings. The van der Waals surface area contributed by atoms with Gasteiger partial charge >= 0.3 is 5.97 Å². The molecular weight excluding hydrogens is 284 g/mol. The van der Waals surface area contributed by atoms with Crippen LogP contribution in [0.1, 0.15) is 35.3 Å². The average molecular weight is 302 g/mol. The molecule has 1 amide bonds. The van der Waals surface area contributed by atoms with E-state index in [2.05, 4.69) is 10.3 Å². The summed E-state index contributed by atoms with van der Waals surface area (Å²) in [7, 11) is 1.56. The standard InChI is InChI=1S/C16H18N2O4/c1-22-10-5-6-13-11(7-10)12(14(18-13)16(20)21)8-17-15(19)9-3-2-4-9/h5-7,9,18H,2-4,8H2,1H3,(H,17,19)(H,20,21). The lowest BCUT2D eigenvalue weighted by molar-refractivity contribution is -0.127. The van der Waals surface area contributed by atoms with Crippen molar-refractivity contribution in [2.45, 2.75) is 25.8 Å². The third-order valence-electron chi connectivity index (χ3n) is 4.24. The van der Waals surface area contributed by atoms with Crippen molar-refractivity contribution in [3.63, 3.8) is 0 Å². The van der Waals surface area contributed by atoms with Gasteiger partial charge in [0.05, 0.1) is 7.11 Å². The van der Waals surface area contributed by atoms with Gasteiger partial charge in [-0.3, -0.25) is 4.79 Å². The fraction of sp³-hybridized carbons (Fsp3) is 0.375. The molecule has 1 aromatic carbocycles. The second-order valence-corrected chi connectivity index (χ2v) is 5.54. The largest absolute Gasteiger partial charge is 0.497 e. The van der Waals surface area contributed by atoms with Crippen LogP contribution in [0.3, 0.4) is 0 Å². The molecule has 1 aromatic heterocycles. The number of H-pyrrole nitrogens is 1. The highest BCUT2D eigenvalue weighted by Gasteiger charge is 2.26. The Bertz CT molecular complexity index is 731. The van der Waals surface area contributed by atoms with Crippen LogP contribution in [0.15, 0.2) is 18.2 Å². The van der Waals surface area contributed by atoms with Gasteiger partial charge in [-0.25, -0.2) is 4.79 Å². The summed E-state index contributed by atoms with van der Waals surface area (Å²) in [4.78, 5) is 26.3. The van der Waals surface area contributed by atoms with E-state index in [1.54, 1.807) is 25.3 Å². The Hall–Kier alpha value is -2.50. The maximum atomic E-state index is 12.0. The lowest BCUT2D eigenvalue weighted by atomic mass is 9.85. The van der Waals surface area contributed by atoms with Gasteiger partial charge in [0.15, 0.2) is 0 Å². The maximum absolute atomic E-state index is 12.0. The van der Waals surface area contributed by atoms with Crippen LogP contribution in [0.25, 0.3) is 10.9 Å². The first-order chi connectivity index (χ1) is 10.6. The maximum Gasteiger partial charge on any atom is 0.352 e. The van der Waals surface area contributed by atoms with Crippen LogP contribution in [0.2, 0.25) is 0 Å². The van der Waals surface area contributed by atoms with E-state index in [0.717, 1.165) is 24.6 Å². The Kier molecular flexibility index (Phi) is 3.75. The lowest BCUT2D eigenvalue weighted by Gasteiger charge is -2.24. The molecule has 1 heterocycles. The van der Waals surface area contributed by atoms with E-state index in [0.29, 0.717) is 16.8 Å². The molecule has 0 radical (unpaired) electrons. The Morgan fingerprint density at radius 1 is 1.41 bits per heavy atom. The number of amides is 1. The van der Waals surface area contributed by atoms with Gasteiger partial charge in [0.2, 0.25) is 5.91 Å². The van der Waals surface area contributed by atoms with Crippen molar-refractivity contribution in [3.05, 3.63) is 29.5 Å². The predicted octanol–water partition coefficient (Wildman–Crippen LogP) is 2.29. The summed E-state index contributed by atoms with van der Waals surface area (Å²) in [6.45, 7) is 0.199. The van der Waals surface area contributed by atoms with Crippen molar-refractivity contribution in [1.82, 2.24) is 10.3 Å². The highest BCUT2D eigenvalue weighted by Crippen LogP contribution is 2.28. The number of carbonyl (C=O) groups is 2. The summed E-state index contributed by atoms with van der Waals surface area (Å²) in [5.74, 6) is -0.314. The number of ether oxygens (including phenoxy) is 1. The molecule has 1 saturated carbocycles. The molecule has 0 aliphatic heterocycles. The molecule has 0 spiro atoms. The summed E-state index contributed by atoms with van der Waals surface area (Å²) < 4.78 is 5.19. The molecule has 2 aromatic rings. The number of aromatic carboxylic acids is 1. The minimum Gasteiger partial charge on any atom is -0.497 e. The fourth-order valence-corrected chi connectivity index (χ4v) is 2.71. The summed E-state index contributed by atoms with van der Waals surface area (Å²) in [6, 6.07) is 5.32. The van der Waals surface area contributed by atoms with Crippen LogP contribution < -0.4 is 10.1 Å². The molecule has 0 unspecified atom stereocenters. The molecule has 0 bridgehead atoms. The number of methoxy groups -OCH3 is 1. The number of hydrogen-bond donors (Lipinski definition) is 3. The number of carboxylic acid groups (broad SMARTS) is 1.